The molecule has 2 aliphatic heterocycles. The second kappa shape index (κ2) is 5.47. The van der Waals surface area contributed by atoms with Crippen molar-refractivity contribution in [3.05, 3.63) is 0 Å². The van der Waals surface area contributed by atoms with Gasteiger partial charge in [-0.1, -0.05) is 0 Å². The van der Waals surface area contributed by atoms with Crippen molar-refractivity contribution in [1.29, 1.82) is 0 Å². The highest BCUT2D eigenvalue weighted by atomic mass is 19.4. The van der Waals surface area contributed by atoms with Crippen LogP contribution in [0.3, 0.4) is 0 Å². The monoisotopic (exact) mass is 265 g/mol. The van der Waals surface area contributed by atoms with Gasteiger partial charge in [0.1, 0.15) is 6.04 Å². The predicted molar refractivity (Wildman–Crippen MR) is 59.0 cm³/mol. The fourth-order valence-corrected chi connectivity index (χ4v) is 2.71. The van der Waals surface area contributed by atoms with Crippen LogP contribution in [0.4, 0.5) is 13.2 Å². The molecule has 6 heteroatoms. The van der Waals surface area contributed by atoms with Crippen molar-refractivity contribution in [3.63, 3.8) is 0 Å². The van der Waals surface area contributed by atoms with Gasteiger partial charge in [0.25, 0.3) is 0 Å². The Balaban J connectivity index is 2.05. The maximum Gasteiger partial charge on any atom is 0.408 e. The fraction of sp³-hybridized carbons (Fsp3) is 0.917. The van der Waals surface area contributed by atoms with E-state index in [1.807, 2.05) is 0 Å². The van der Waals surface area contributed by atoms with E-state index in [0.717, 1.165) is 4.90 Å². The molecule has 2 heterocycles. The van der Waals surface area contributed by atoms with Gasteiger partial charge < -0.3 is 9.64 Å². The van der Waals surface area contributed by atoms with Crippen LogP contribution in [-0.2, 0) is 9.53 Å². The number of amides is 1. The normalized spacial score (nSPS) is 27.3. The van der Waals surface area contributed by atoms with Gasteiger partial charge >= 0.3 is 6.18 Å². The molecule has 0 aromatic rings. The second-order valence-corrected chi connectivity index (χ2v) is 4.97. The van der Waals surface area contributed by atoms with Gasteiger partial charge in [-0.3, -0.25) is 4.79 Å². The Morgan fingerprint density at radius 2 is 1.78 bits per heavy atom. The van der Waals surface area contributed by atoms with Gasteiger partial charge in [-0.05, 0) is 32.1 Å². The largest absolute Gasteiger partial charge is 0.408 e. The molecule has 0 spiro atoms. The maximum atomic E-state index is 12.9. The number of ether oxygens (including phenoxy) is 1. The molecular formula is C12H18F3NO2. The summed E-state index contributed by atoms with van der Waals surface area (Å²) < 4.78 is 43.8. The van der Waals surface area contributed by atoms with Gasteiger partial charge in [0.2, 0.25) is 5.91 Å². The molecule has 2 rings (SSSR count). The van der Waals surface area contributed by atoms with Gasteiger partial charge in [0.15, 0.2) is 0 Å². The van der Waals surface area contributed by atoms with Crippen LogP contribution in [0.1, 0.15) is 32.1 Å². The minimum atomic E-state index is -4.30. The summed E-state index contributed by atoms with van der Waals surface area (Å²) in [5.74, 6) is -0.623. The van der Waals surface area contributed by atoms with Crippen molar-refractivity contribution >= 4 is 5.91 Å². The zero-order valence-electron chi connectivity index (χ0n) is 10.2. The summed E-state index contributed by atoms with van der Waals surface area (Å²) in [6.45, 7) is 1.18. The Hall–Kier alpha value is -0.780. The van der Waals surface area contributed by atoms with E-state index in [9.17, 15) is 18.0 Å². The molecule has 2 aliphatic rings. The van der Waals surface area contributed by atoms with Crippen LogP contribution in [0.25, 0.3) is 0 Å². The number of rotatable bonds is 1. The van der Waals surface area contributed by atoms with E-state index in [0.29, 0.717) is 38.9 Å². The lowest BCUT2D eigenvalue weighted by Gasteiger charge is -2.39. The van der Waals surface area contributed by atoms with Crippen molar-refractivity contribution in [2.75, 3.05) is 19.8 Å². The lowest BCUT2D eigenvalue weighted by Crippen LogP contribution is -2.53. The van der Waals surface area contributed by atoms with Crippen molar-refractivity contribution in [2.45, 2.75) is 44.3 Å². The van der Waals surface area contributed by atoms with E-state index in [1.54, 1.807) is 0 Å². The highest BCUT2D eigenvalue weighted by Gasteiger charge is 2.47. The first-order valence-electron chi connectivity index (χ1n) is 6.45. The van der Waals surface area contributed by atoms with Crippen LogP contribution in [0, 0.1) is 5.92 Å². The molecule has 2 saturated heterocycles. The molecule has 3 nitrogen and oxygen atoms in total. The number of carbonyl (C=O) groups excluding carboxylic acids is 1. The Labute approximate surface area is 104 Å². The fourth-order valence-electron chi connectivity index (χ4n) is 2.71. The minimum Gasteiger partial charge on any atom is -0.381 e. The standard InChI is InChI=1S/C12H18F3NO2/c13-12(14,15)10-3-1-2-6-16(10)11(17)9-4-7-18-8-5-9/h9-10H,1-8H2. The summed E-state index contributed by atoms with van der Waals surface area (Å²) in [5, 5.41) is 0. The number of carbonyl (C=O) groups is 1. The minimum absolute atomic E-state index is 0.0401. The number of nitrogens with zero attached hydrogens (tertiary/aromatic N) is 1. The predicted octanol–water partition coefficient (Wildman–Crippen LogP) is 2.36. The molecule has 0 aliphatic carbocycles. The summed E-state index contributed by atoms with van der Waals surface area (Å²) >= 11 is 0. The molecule has 0 saturated carbocycles. The van der Waals surface area contributed by atoms with E-state index in [2.05, 4.69) is 0 Å². The average Bonchev–Trinajstić information content (AvgIpc) is 2.38. The van der Waals surface area contributed by atoms with Crippen molar-refractivity contribution in [1.82, 2.24) is 4.90 Å². The first kappa shape index (κ1) is 13.6. The van der Waals surface area contributed by atoms with Gasteiger partial charge in [0.05, 0.1) is 0 Å². The molecule has 0 bridgehead atoms. The third-order valence-corrected chi connectivity index (χ3v) is 3.73. The number of likely N-dealkylation sites (tertiary alicyclic amines) is 1. The number of alkyl halides is 3. The van der Waals surface area contributed by atoms with Crippen molar-refractivity contribution in [2.24, 2.45) is 5.92 Å². The Morgan fingerprint density at radius 1 is 1.11 bits per heavy atom. The van der Waals surface area contributed by atoms with E-state index in [4.69, 9.17) is 4.74 Å². The molecule has 0 N–H and O–H groups in total. The summed E-state index contributed by atoms with van der Waals surface area (Å²) in [5.41, 5.74) is 0. The molecule has 18 heavy (non-hydrogen) atoms. The smallest absolute Gasteiger partial charge is 0.381 e. The summed E-state index contributed by atoms with van der Waals surface area (Å²) in [6, 6.07) is -1.58. The Morgan fingerprint density at radius 3 is 2.39 bits per heavy atom. The van der Waals surface area contributed by atoms with Gasteiger partial charge in [-0.15, -0.1) is 0 Å². The number of piperidine rings is 1. The van der Waals surface area contributed by atoms with Crippen LogP contribution in [0.5, 0.6) is 0 Å². The third-order valence-electron chi connectivity index (χ3n) is 3.73. The van der Waals surface area contributed by atoms with Crippen molar-refractivity contribution in [3.8, 4) is 0 Å². The number of halogens is 3. The number of hydrogen-bond donors (Lipinski definition) is 0. The quantitative estimate of drug-likeness (QED) is 0.728. The first-order valence-corrected chi connectivity index (χ1v) is 6.45. The van der Waals surface area contributed by atoms with Crippen LogP contribution in [0.2, 0.25) is 0 Å². The van der Waals surface area contributed by atoms with Crippen molar-refractivity contribution < 1.29 is 22.7 Å². The van der Waals surface area contributed by atoms with Gasteiger partial charge in [-0.2, -0.15) is 13.2 Å². The Bertz CT molecular complexity index is 300. The average molecular weight is 265 g/mol. The maximum absolute atomic E-state index is 12.9. The van der Waals surface area contributed by atoms with Crippen LogP contribution < -0.4 is 0 Å². The molecule has 1 atom stereocenters. The zero-order chi connectivity index (χ0) is 13.2. The van der Waals surface area contributed by atoms with E-state index >= 15 is 0 Å². The topological polar surface area (TPSA) is 29.5 Å². The third kappa shape index (κ3) is 2.96. The van der Waals surface area contributed by atoms with Crippen LogP contribution >= 0.6 is 0 Å². The lowest BCUT2D eigenvalue weighted by molar-refractivity contribution is -0.198. The highest BCUT2D eigenvalue weighted by Crippen LogP contribution is 2.33. The highest BCUT2D eigenvalue weighted by molar-refractivity contribution is 5.79. The zero-order valence-corrected chi connectivity index (χ0v) is 10.2. The van der Waals surface area contributed by atoms with Gasteiger partial charge in [-0.25, -0.2) is 0 Å². The second-order valence-electron chi connectivity index (χ2n) is 4.97. The molecule has 0 aromatic heterocycles. The van der Waals surface area contributed by atoms with Gasteiger partial charge in [0, 0.05) is 25.7 Å². The number of hydrogen-bond acceptors (Lipinski definition) is 2. The molecule has 0 aromatic carbocycles. The summed E-state index contributed by atoms with van der Waals surface area (Å²) in [7, 11) is 0. The molecule has 1 unspecified atom stereocenters. The SMILES string of the molecule is O=C(C1CCOCC1)N1CCCCC1C(F)(F)F. The lowest BCUT2D eigenvalue weighted by atomic mass is 9.94. The molecule has 2 fully saturated rings. The van der Waals surface area contributed by atoms with E-state index < -0.39 is 12.2 Å². The van der Waals surface area contributed by atoms with E-state index in [1.165, 1.54) is 0 Å². The van der Waals surface area contributed by atoms with Crippen LogP contribution in [0.15, 0.2) is 0 Å². The summed E-state index contributed by atoms with van der Waals surface area (Å²) in [6.07, 6.45) is -1.97. The van der Waals surface area contributed by atoms with E-state index in [-0.39, 0.29) is 24.8 Å². The molecule has 1 amide bonds. The molecule has 0 radical (unpaired) electrons. The van der Waals surface area contributed by atoms with Crippen LogP contribution in [-0.4, -0.2) is 42.8 Å². The first-order chi connectivity index (χ1) is 8.50. The molecular weight excluding hydrogens is 247 g/mol. The molecule has 104 valence electrons. The Kier molecular flexibility index (Phi) is 4.14. The summed E-state index contributed by atoms with van der Waals surface area (Å²) in [4.78, 5) is 13.2.